The average molecular weight is 343 g/mol. The van der Waals surface area contributed by atoms with E-state index in [-0.39, 0.29) is 6.10 Å². The third-order valence-corrected chi connectivity index (χ3v) is 5.42. The highest BCUT2D eigenvalue weighted by Crippen LogP contribution is 2.41. The van der Waals surface area contributed by atoms with Crippen LogP contribution in [0.3, 0.4) is 0 Å². The average Bonchev–Trinajstić information content (AvgIpc) is 3.23. The standard InChI is InChI=1S/C17H25N7O/c1-24-6-3-17(4-7-24)8-12(25-11-17)9-20-16-19-5-2-14(22-16)13-10-21-23-15(13)18/h2,5,10,12H,3-4,6-9,11H2,1H3,(H3,18,21,23)(H,19,20,22). The lowest BCUT2D eigenvalue weighted by Crippen LogP contribution is -2.38. The molecule has 8 nitrogen and oxygen atoms in total. The zero-order chi connectivity index (χ0) is 17.3. The number of piperidine rings is 1. The summed E-state index contributed by atoms with van der Waals surface area (Å²) in [6, 6.07) is 1.83. The lowest BCUT2D eigenvalue weighted by atomic mass is 9.77. The maximum Gasteiger partial charge on any atom is 0.223 e. The first-order chi connectivity index (χ1) is 12.1. The first-order valence-corrected chi connectivity index (χ1v) is 8.80. The van der Waals surface area contributed by atoms with E-state index in [1.165, 1.54) is 25.9 Å². The van der Waals surface area contributed by atoms with E-state index in [2.05, 4.69) is 37.4 Å². The van der Waals surface area contributed by atoms with Gasteiger partial charge in [-0.2, -0.15) is 5.10 Å². The number of hydrogen-bond acceptors (Lipinski definition) is 7. The van der Waals surface area contributed by atoms with Gasteiger partial charge < -0.3 is 20.7 Å². The second-order valence-corrected chi connectivity index (χ2v) is 7.28. The molecule has 0 amide bonds. The molecule has 1 unspecified atom stereocenters. The molecule has 4 heterocycles. The molecule has 8 heteroatoms. The van der Waals surface area contributed by atoms with Gasteiger partial charge >= 0.3 is 0 Å². The van der Waals surface area contributed by atoms with Gasteiger partial charge in [0.15, 0.2) is 0 Å². The molecule has 1 atom stereocenters. The van der Waals surface area contributed by atoms with E-state index in [0.29, 0.717) is 17.2 Å². The summed E-state index contributed by atoms with van der Waals surface area (Å²) in [5.41, 5.74) is 7.77. The maximum absolute atomic E-state index is 6.05. The van der Waals surface area contributed by atoms with Crippen molar-refractivity contribution in [1.29, 1.82) is 0 Å². The number of nitrogens with zero attached hydrogens (tertiary/aromatic N) is 4. The van der Waals surface area contributed by atoms with Crippen LogP contribution in [0.15, 0.2) is 18.5 Å². The normalized spacial score (nSPS) is 23.2. The van der Waals surface area contributed by atoms with Gasteiger partial charge in [-0.3, -0.25) is 5.10 Å². The molecule has 1 spiro atoms. The minimum Gasteiger partial charge on any atom is -0.384 e. The minimum absolute atomic E-state index is 0.217. The Balaban J connectivity index is 1.36. The summed E-state index contributed by atoms with van der Waals surface area (Å²) in [6.45, 7) is 3.93. The number of rotatable bonds is 4. The Morgan fingerprint density at radius 2 is 2.28 bits per heavy atom. The summed E-state index contributed by atoms with van der Waals surface area (Å²) in [7, 11) is 2.19. The fourth-order valence-electron chi connectivity index (χ4n) is 3.77. The van der Waals surface area contributed by atoms with Crippen molar-refractivity contribution >= 4 is 11.8 Å². The van der Waals surface area contributed by atoms with E-state index < -0.39 is 0 Å². The van der Waals surface area contributed by atoms with E-state index in [1.807, 2.05) is 6.07 Å². The van der Waals surface area contributed by atoms with Gasteiger partial charge in [0.1, 0.15) is 5.82 Å². The van der Waals surface area contributed by atoms with Crippen molar-refractivity contribution in [3.63, 3.8) is 0 Å². The molecule has 0 aromatic carbocycles. The van der Waals surface area contributed by atoms with Gasteiger partial charge in [-0.1, -0.05) is 0 Å². The molecule has 2 fully saturated rings. The van der Waals surface area contributed by atoms with Crippen molar-refractivity contribution in [2.24, 2.45) is 5.41 Å². The number of H-pyrrole nitrogens is 1. The Bertz CT molecular complexity index is 723. The van der Waals surface area contributed by atoms with Crippen molar-refractivity contribution in [2.75, 3.05) is 44.3 Å². The molecule has 0 saturated carbocycles. The van der Waals surface area contributed by atoms with Gasteiger partial charge in [-0.25, -0.2) is 9.97 Å². The molecule has 134 valence electrons. The van der Waals surface area contributed by atoms with E-state index in [0.717, 1.165) is 30.8 Å². The van der Waals surface area contributed by atoms with Gasteiger partial charge in [0.25, 0.3) is 0 Å². The summed E-state index contributed by atoms with van der Waals surface area (Å²) in [5, 5.41) is 9.97. The number of likely N-dealkylation sites (tertiary alicyclic amines) is 1. The molecule has 2 aliphatic rings. The molecular formula is C17H25N7O. The summed E-state index contributed by atoms with van der Waals surface area (Å²) >= 11 is 0. The number of aromatic nitrogens is 4. The topological polar surface area (TPSA) is 105 Å². The number of aromatic amines is 1. The number of nitrogens with one attached hydrogen (secondary N) is 2. The maximum atomic E-state index is 6.05. The first-order valence-electron chi connectivity index (χ1n) is 8.80. The third kappa shape index (κ3) is 3.45. The van der Waals surface area contributed by atoms with Gasteiger partial charge in [0, 0.05) is 12.7 Å². The minimum atomic E-state index is 0.217. The van der Waals surface area contributed by atoms with Gasteiger partial charge in [-0.05, 0) is 50.9 Å². The van der Waals surface area contributed by atoms with Gasteiger partial charge in [0.05, 0.1) is 30.2 Å². The summed E-state index contributed by atoms with van der Waals surface area (Å²) in [4.78, 5) is 11.2. The lowest BCUT2D eigenvalue weighted by molar-refractivity contribution is 0.0748. The molecule has 4 rings (SSSR count). The van der Waals surface area contributed by atoms with Crippen molar-refractivity contribution < 1.29 is 4.74 Å². The van der Waals surface area contributed by atoms with Crippen LogP contribution in [0, 0.1) is 5.41 Å². The lowest BCUT2D eigenvalue weighted by Gasteiger charge is -2.36. The van der Waals surface area contributed by atoms with Crippen LogP contribution in [0.1, 0.15) is 19.3 Å². The quantitative estimate of drug-likeness (QED) is 0.770. The molecule has 0 bridgehead atoms. The Kier molecular flexibility index (Phi) is 4.30. The van der Waals surface area contributed by atoms with E-state index in [9.17, 15) is 0 Å². The number of anilines is 2. The van der Waals surface area contributed by atoms with Crippen LogP contribution in [0.4, 0.5) is 11.8 Å². The zero-order valence-electron chi connectivity index (χ0n) is 14.5. The highest BCUT2D eigenvalue weighted by atomic mass is 16.5. The summed E-state index contributed by atoms with van der Waals surface area (Å²) in [6.07, 6.45) is 7.19. The SMILES string of the molecule is CN1CCC2(CC1)COC(CNc1nccc(-c3cn[nH]c3N)n1)C2. The number of nitrogens with two attached hydrogens (primary N) is 1. The van der Waals surface area contributed by atoms with Gasteiger partial charge in [-0.15, -0.1) is 0 Å². The highest BCUT2D eigenvalue weighted by Gasteiger charge is 2.41. The van der Waals surface area contributed by atoms with Crippen LogP contribution in [0.2, 0.25) is 0 Å². The molecule has 2 aromatic rings. The molecule has 2 aliphatic heterocycles. The monoisotopic (exact) mass is 343 g/mol. The van der Waals surface area contributed by atoms with E-state index in [4.69, 9.17) is 10.5 Å². The van der Waals surface area contributed by atoms with E-state index in [1.54, 1.807) is 12.4 Å². The first kappa shape index (κ1) is 16.3. The molecule has 25 heavy (non-hydrogen) atoms. The summed E-state index contributed by atoms with van der Waals surface area (Å²) < 4.78 is 6.05. The van der Waals surface area contributed by atoms with Gasteiger partial charge in [0.2, 0.25) is 5.95 Å². The van der Waals surface area contributed by atoms with Crippen molar-refractivity contribution in [3.05, 3.63) is 18.5 Å². The van der Waals surface area contributed by atoms with Crippen LogP contribution < -0.4 is 11.1 Å². The van der Waals surface area contributed by atoms with Crippen LogP contribution >= 0.6 is 0 Å². The molecule has 4 N–H and O–H groups in total. The third-order valence-electron chi connectivity index (χ3n) is 5.42. The fraction of sp³-hybridized carbons (Fsp3) is 0.588. The molecule has 2 aromatic heterocycles. The molecule has 0 aliphatic carbocycles. The van der Waals surface area contributed by atoms with Crippen molar-refractivity contribution in [2.45, 2.75) is 25.4 Å². The highest BCUT2D eigenvalue weighted by molar-refractivity contribution is 5.70. The Hall–Kier alpha value is -2.19. The van der Waals surface area contributed by atoms with Crippen LogP contribution in [0.25, 0.3) is 11.3 Å². The predicted molar refractivity (Wildman–Crippen MR) is 96.0 cm³/mol. The molecule has 0 radical (unpaired) electrons. The molecular weight excluding hydrogens is 318 g/mol. The largest absolute Gasteiger partial charge is 0.384 e. The Morgan fingerprint density at radius 1 is 1.44 bits per heavy atom. The zero-order valence-corrected chi connectivity index (χ0v) is 14.5. The van der Waals surface area contributed by atoms with Crippen LogP contribution in [-0.4, -0.2) is 64.5 Å². The Labute approximate surface area is 147 Å². The molecule has 2 saturated heterocycles. The van der Waals surface area contributed by atoms with Crippen molar-refractivity contribution in [3.8, 4) is 11.3 Å². The Morgan fingerprint density at radius 3 is 3.04 bits per heavy atom. The van der Waals surface area contributed by atoms with Crippen LogP contribution in [0.5, 0.6) is 0 Å². The van der Waals surface area contributed by atoms with Crippen LogP contribution in [-0.2, 0) is 4.74 Å². The number of hydrogen-bond donors (Lipinski definition) is 3. The van der Waals surface area contributed by atoms with Crippen molar-refractivity contribution in [1.82, 2.24) is 25.1 Å². The second kappa shape index (κ2) is 6.61. The second-order valence-electron chi connectivity index (χ2n) is 7.28. The van der Waals surface area contributed by atoms with E-state index >= 15 is 0 Å². The summed E-state index contributed by atoms with van der Waals surface area (Å²) in [5.74, 6) is 1.10. The predicted octanol–water partition coefficient (Wildman–Crippen LogP) is 1.36. The fourth-order valence-corrected chi connectivity index (χ4v) is 3.77. The smallest absolute Gasteiger partial charge is 0.223 e. The number of ether oxygens (including phenoxy) is 1. The number of nitrogen functional groups attached to an aromatic ring is 1.